The number of amides is 1. The first-order valence-corrected chi connectivity index (χ1v) is 8.14. The Bertz CT molecular complexity index is 644. The van der Waals surface area contributed by atoms with Crippen molar-refractivity contribution in [3.63, 3.8) is 0 Å². The van der Waals surface area contributed by atoms with Gasteiger partial charge in [-0.05, 0) is 18.1 Å². The average molecular weight is 367 g/mol. The highest BCUT2D eigenvalue weighted by Gasteiger charge is 2.27. The molecule has 1 rings (SSSR count). The predicted octanol–water partition coefficient (Wildman–Crippen LogP) is 1.56. The minimum atomic E-state index is -0.803. The highest BCUT2D eigenvalue weighted by molar-refractivity contribution is 5.95. The number of methoxy groups -OCH3 is 3. The van der Waals surface area contributed by atoms with Crippen molar-refractivity contribution in [2.45, 2.75) is 26.3 Å². The first-order valence-electron chi connectivity index (χ1n) is 8.14. The molecule has 0 aliphatic heterocycles. The molecule has 1 amide bonds. The maximum absolute atomic E-state index is 12.2. The normalized spacial score (nSPS) is 12.5. The van der Waals surface area contributed by atoms with Crippen molar-refractivity contribution >= 4 is 17.8 Å². The van der Waals surface area contributed by atoms with Crippen molar-refractivity contribution in [3.8, 4) is 11.5 Å². The summed E-state index contributed by atoms with van der Waals surface area (Å²) in [6, 6.07) is 3.93. The van der Waals surface area contributed by atoms with Crippen LogP contribution in [0.4, 0.5) is 0 Å². The number of benzene rings is 1. The van der Waals surface area contributed by atoms with Crippen LogP contribution in [0.1, 0.15) is 30.6 Å². The lowest BCUT2D eigenvalue weighted by Crippen LogP contribution is -2.47. The van der Waals surface area contributed by atoms with E-state index in [1.54, 1.807) is 12.1 Å². The Kier molecular flexibility index (Phi) is 8.41. The minimum Gasteiger partial charge on any atom is -0.493 e. The molecule has 8 heteroatoms. The molecule has 1 aromatic carbocycles. The summed E-state index contributed by atoms with van der Waals surface area (Å²) in [5, 5.41) is 2.53. The lowest BCUT2D eigenvalue weighted by molar-refractivity contribution is -0.147. The Labute approximate surface area is 152 Å². The fourth-order valence-corrected chi connectivity index (χ4v) is 2.27. The van der Waals surface area contributed by atoms with Gasteiger partial charge >= 0.3 is 11.9 Å². The third-order valence-corrected chi connectivity index (χ3v) is 3.94. The SMILES string of the molecule is CCC(C)C(NC(=O)COC(=O)c1cccc(OC)c1OC)C(=O)OC. The zero-order valence-electron chi connectivity index (χ0n) is 15.7. The molecule has 1 aromatic rings. The molecule has 0 aliphatic rings. The number of hydrogen-bond donors (Lipinski definition) is 1. The van der Waals surface area contributed by atoms with Gasteiger partial charge in [-0.2, -0.15) is 0 Å². The monoisotopic (exact) mass is 367 g/mol. The van der Waals surface area contributed by atoms with Crippen LogP contribution in [0.2, 0.25) is 0 Å². The summed E-state index contributed by atoms with van der Waals surface area (Å²) in [6.45, 7) is 3.17. The Morgan fingerprint density at radius 1 is 1.12 bits per heavy atom. The van der Waals surface area contributed by atoms with Crippen molar-refractivity contribution in [2.24, 2.45) is 5.92 Å². The maximum atomic E-state index is 12.2. The number of ether oxygens (including phenoxy) is 4. The number of rotatable bonds is 9. The van der Waals surface area contributed by atoms with E-state index in [2.05, 4.69) is 5.32 Å². The molecule has 0 spiro atoms. The summed E-state index contributed by atoms with van der Waals surface area (Å²) in [4.78, 5) is 36.1. The molecule has 0 aromatic heterocycles. The van der Waals surface area contributed by atoms with E-state index in [1.165, 1.54) is 27.4 Å². The van der Waals surface area contributed by atoms with Crippen LogP contribution in [0.25, 0.3) is 0 Å². The van der Waals surface area contributed by atoms with Gasteiger partial charge < -0.3 is 24.3 Å². The number of esters is 2. The molecule has 1 N–H and O–H groups in total. The molecule has 8 nitrogen and oxygen atoms in total. The van der Waals surface area contributed by atoms with Crippen LogP contribution in [0.15, 0.2) is 18.2 Å². The second kappa shape index (κ2) is 10.3. The van der Waals surface area contributed by atoms with Crippen LogP contribution in [-0.4, -0.2) is 51.8 Å². The fraction of sp³-hybridized carbons (Fsp3) is 0.500. The van der Waals surface area contributed by atoms with E-state index >= 15 is 0 Å². The fourth-order valence-electron chi connectivity index (χ4n) is 2.27. The zero-order chi connectivity index (χ0) is 19.7. The number of carbonyl (C=O) groups excluding carboxylic acids is 3. The quantitative estimate of drug-likeness (QED) is 0.661. The van der Waals surface area contributed by atoms with Gasteiger partial charge in [-0.15, -0.1) is 0 Å². The number of carbonyl (C=O) groups is 3. The largest absolute Gasteiger partial charge is 0.493 e. The van der Waals surface area contributed by atoms with E-state index in [0.29, 0.717) is 12.2 Å². The molecule has 0 saturated carbocycles. The van der Waals surface area contributed by atoms with Crippen LogP contribution < -0.4 is 14.8 Å². The maximum Gasteiger partial charge on any atom is 0.342 e. The Morgan fingerprint density at radius 2 is 1.81 bits per heavy atom. The molecule has 0 fully saturated rings. The summed E-state index contributed by atoms with van der Waals surface area (Å²) >= 11 is 0. The molecule has 2 atom stereocenters. The standard InChI is InChI=1S/C18H25NO7/c1-6-11(2)15(18(22)25-5)19-14(20)10-26-17(21)12-8-7-9-13(23-3)16(12)24-4/h7-9,11,15H,6,10H2,1-5H3,(H,19,20). The van der Waals surface area contributed by atoms with Crippen LogP contribution in [0.3, 0.4) is 0 Å². The molecule has 0 radical (unpaired) electrons. The third kappa shape index (κ3) is 5.37. The Balaban J connectivity index is 2.75. The summed E-state index contributed by atoms with van der Waals surface area (Å²) in [5.41, 5.74) is 0.131. The van der Waals surface area contributed by atoms with Crippen molar-refractivity contribution in [3.05, 3.63) is 23.8 Å². The van der Waals surface area contributed by atoms with Crippen molar-refractivity contribution < 1.29 is 33.3 Å². The van der Waals surface area contributed by atoms with E-state index < -0.39 is 30.5 Å². The van der Waals surface area contributed by atoms with Gasteiger partial charge in [0.05, 0.1) is 21.3 Å². The van der Waals surface area contributed by atoms with Crippen molar-refractivity contribution in [2.75, 3.05) is 27.9 Å². The van der Waals surface area contributed by atoms with Crippen LogP contribution in [0.5, 0.6) is 11.5 Å². The van der Waals surface area contributed by atoms with Crippen molar-refractivity contribution in [1.29, 1.82) is 0 Å². The number of para-hydroxylation sites is 1. The Morgan fingerprint density at radius 3 is 2.35 bits per heavy atom. The van der Waals surface area contributed by atoms with Crippen molar-refractivity contribution in [1.82, 2.24) is 5.32 Å². The summed E-state index contributed by atoms with van der Waals surface area (Å²) in [5.74, 6) is -1.43. The highest BCUT2D eigenvalue weighted by atomic mass is 16.5. The molecule has 144 valence electrons. The molecule has 2 unspecified atom stereocenters. The topological polar surface area (TPSA) is 100 Å². The van der Waals surface area contributed by atoms with Gasteiger partial charge in [0.2, 0.25) is 0 Å². The van der Waals surface area contributed by atoms with Gasteiger partial charge in [-0.25, -0.2) is 9.59 Å². The van der Waals surface area contributed by atoms with Crippen LogP contribution >= 0.6 is 0 Å². The average Bonchev–Trinajstić information content (AvgIpc) is 2.67. The van der Waals surface area contributed by atoms with Gasteiger partial charge in [0.1, 0.15) is 11.6 Å². The summed E-state index contributed by atoms with van der Waals surface area (Å²) < 4.78 is 20.0. The van der Waals surface area contributed by atoms with E-state index in [9.17, 15) is 14.4 Å². The lowest BCUT2D eigenvalue weighted by Gasteiger charge is -2.21. The number of hydrogen-bond acceptors (Lipinski definition) is 7. The van der Waals surface area contributed by atoms with Crippen LogP contribution in [0, 0.1) is 5.92 Å². The first kappa shape index (κ1) is 21.3. The molecular formula is C18H25NO7. The lowest BCUT2D eigenvalue weighted by atomic mass is 9.99. The second-order valence-corrected chi connectivity index (χ2v) is 5.57. The van der Waals surface area contributed by atoms with Gasteiger partial charge in [0.25, 0.3) is 5.91 Å². The number of nitrogens with one attached hydrogen (secondary N) is 1. The third-order valence-electron chi connectivity index (χ3n) is 3.94. The van der Waals surface area contributed by atoms with Gasteiger partial charge in [0.15, 0.2) is 18.1 Å². The van der Waals surface area contributed by atoms with Crippen LogP contribution in [-0.2, 0) is 19.1 Å². The summed E-state index contributed by atoms with van der Waals surface area (Å²) in [7, 11) is 4.09. The van der Waals surface area contributed by atoms with Gasteiger partial charge in [-0.3, -0.25) is 4.79 Å². The van der Waals surface area contributed by atoms with Gasteiger partial charge in [0, 0.05) is 0 Å². The molecule has 26 heavy (non-hydrogen) atoms. The molecule has 0 heterocycles. The highest BCUT2D eigenvalue weighted by Crippen LogP contribution is 2.31. The zero-order valence-corrected chi connectivity index (χ0v) is 15.7. The van der Waals surface area contributed by atoms with E-state index in [4.69, 9.17) is 18.9 Å². The van der Waals surface area contributed by atoms with E-state index in [1.807, 2.05) is 13.8 Å². The Hall–Kier alpha value is -2.77. The smallest absolute Gasteiger partial charge is 0.342 e. The predicted molar refractivity (Wildman–Crippen MR) is 93.2 cm³/mol. The first-order chi connectivity index (χ1) is 12.4. The second-order valence-electron chi connectivity index (χ2n) is 5.57. The molecule has 0 saturated heterocycles. The molecule has 0 bridgehead atoms. The molecular weight excluding hydrogens is 342 g/mol. The molecule has 0 aliphatic carbocycles. The minimum absolute atomic E-state index is 0.124. The van der Waals surface area contributed by atoms with E-state index in [-0.39, 0.29) is 17.2 Å². The van der Waals surface area contributed by atoms with Gasteiger partial charge in [-0.1, -0.05) is 26.3 Å². The van der Waals surface area contributed by atoms with E-state index in [0.717, 1.165) is 0 Å². The summed E-state index contributed by atoms with van der Waals surface area (Å²) in [6.07, 6.45) is 0.668.